The van der Waals surface area contributed by atoms with E-state index >= 15 is 0 Å². The normalized spacial score (nSPS) is 16.4. The predicted octanol–water partition coefficient (Wildman–Crippen LogP) is 2.44. The fraction of sp³-hybridized carbons (Fsp3) is 0.500. The minimum absolute atomic E-state index is 0.0488. The Labute approximate surface area is 193 Å². The maximum Gasteiger partial charge on any atom is 0.223 e. The minimum Gasteiger partial charge on any atom is -0.492 e. The topological polar surface area (TPSA) is 71.1 Å². The first-order valence-electron chi connectivity index (χ1n) is 11.3. The summed E-state index contributed by atoms with van der Waals surface area (Å²) in [7, 11) is 0. The number of nitrogens with zero attached hydrogens (tertiary/aromatic N) is 2. The van der Waals surface area contributed by atoms with Gasteiger partial charge < -0.3 is 19.7 Å². The van der Waals surface area contributed by atoms with E-state index < -0.39 is 0 Å². The molecule has 0 spiro atoms. The summed E-state index contributed by atoms with van der Waals surface area (Å²) in [5, 5.41) is 5.00. The van der Waals surface area contributed by atoms with E-state index in [2.05, 4.69) is 21.7 Å². The zero-order valence-corrected chi connectivity index (χ0v) is 19.2. The Bertz CT molecular complexity index is 910. The second-order valence-electron chi connectivity index (χ2n) is 8.16. The lowest BCUT2D eigenvalue weighted by molar-refractivity contribution is -0.134. The van der Waals surface area contributed by atoms with Crippen LogP contribution in [0.4, 0.5) is 0 Å². The molecule has 2 amide bonds. The highest BCUT2D eigenvalue weighted by Gasteiger charge is 2.21. The molecule has 1 N–H and O–H groups in total. The SMILES string of the molecule is O=C(CCC(=O)N1CCc2sccc2C1)NCc1cccc(OCCN2CCOCC2)c1. The first-order chi connectivity index (χ1) is 15.7. The molecule has 8 heteroatoms. The number of carbonyl (C=O) groups is 2. The number of fused-ring (bicyclic) bond motifs is 1. The Kier molecular flexibility index (Phi) is 8.14. The average Bonchev–Trinajstić information content (AvgIpc) is 3.30. The van der Waals surface area contributed by atoms with Crippen molar-refractivity contribution < 1.29 is 19.1 Å². The number of morpholine rings is 1. The maximum atomic E-state index is 12.5. The van der Waals surface area contributed by atoms with Crippen LogP contribution in [0.25, 0.3) is 0 Å². The van der Waals surface area contributed by atoms with Crippen molar-refractivity contribution in [2.45, 2.75) is 32.4 Å². The number of thiophene rings is 1. The Morgan fingerprint density at radius 1 is 1.12 bits per heavy atom. The molecular weight excluding hydrogens is 426 g/mol. The van der Waals surface area contributed by atoms with Crippen molar-refractivity contribution in [3.63, 3.8) is 0 Å². The molecule has 2 aromatic rings. The van der Waals surface area contributed by atoms with Crippen molar-refractivity contribution in [2.24, 2.45) is 0 Å². The first-order valence-corrected chi connectivity index (χ1v) is 12.2. The Balaban J connectivity index is 1.15. The van der Waals surface area contributed by atoms with Gasteiger partial charge in [-0.15, -0.1) is 11.3 Å². The third kappa shape index (κ3) is 6.54. The number of hydrogen-bond acceptors (Lipinski definition) is 6. The smallest absolute Gasteiger partial charge is 0.223 e. The highest BCUT2D eigenvalue weighted by molar-refractivity contribution is 7.10. The minimum atomic E-state index is -0.106. The van der Waals surface area contributed by atoms with E-state index in [1.807, 2.05) is 29.2 Å². The average molecular weight is 458 g/mol. The molecular formula is C24H31N3O4S. The van der Waals surface area contributed by atoms with Gasteiger partial charge in [-0.05, 0) is 41.1 Å². The summed E-state index contributed by atoms with van der Waals surface area (Å²) in [5.41, 5.74) is 2.22. The summed E-state index contributed by atoms with van der Waals surface area (Å²) < 4.78 is 11.2. The molecule has 2 aliphatic heterocycles. The summed E-state index contributed by atoms with van der Waals surface area (Å²) >= 11 is 1.76. The molecule has 1 fully saturated rings. The van der Waals surface area contributed by atoms with Crippen LogP contribution in [-0.2, 0) is 33.8 Å². The zero-order valence-electron chi connectivity index (χ0n) is 18.4. The van der Waals surface area contributed by atoms with E-state index in [0.717, 1.165) is 57.1 Å². The Morgan fingerprint density at radius 2 is 2.00 bits per heavy atom. The highest BCUT2D eigenvalue weighted by atomic mass is 32.1. The van der Waals surface area contributed by atoms with Gasteiger partial charge >= 0.3 is 0 Å². The lowest BCUT2D eigenvalue weighted by atomic mass is 10.1. The van der Waals surface area contributed by atoms with Crippen molar-refractivity contribution >= 4 is 23.2 Å². The van der Waals surface area contributed by atoms with Gasteiger partial charge in [0.15, 0.2) is 0 Å². The van der Waals surface area contributed by atoms with E-state index in [9.17, 15) is 9.59 Å². The number of amides is 2. The summed E-state index contributed by atoms with van der Waals surface area (Å²) in [6, 6.07) is 9.88. The van der Waals surface area contributed by atoms with Crippen LogP contribution >= 0.6 is 11.3 Å². The van der Waals surface area contributed by atoms with Gasteiger partial charge in [0.25, 0.3) is 0 Å². The molecule has 7 nitrogen and oxygen atoms in total. The van der Waals surface area contributed by atoms with Gasteiger partial charge in [0.1, 0.15) is 12.4 Å². The maximum absolute atomic E-state index is 12.5. The summed E-state index contributed by atoms with van der Waals surface area (Å²) in [4.78, 5) is 30.3. The van der Waals surface area contributed by atoms with Crippen LogP contribution < -0.4 is 10.1 Å². The second-order valence-corrected chi connectivity index (χ2v) is 9.16. The number of benzene rings is 1. The third-order valence-electron chi connectivity index (χ3n) is 5.89. The molecule has 0 unspecified atom stereocenters. The zero-order chi connectivity index (χ0) is 22.2. The van der Waals surface area contributed by atoms with E-state index in [0.29, 0.717) is 19.7 Å². The number of nitrogens with one attached hydrogen (secondary N) is 1. The molecule has 0 aliphatic carbocycles. The van der Waals surface area contributed by atoms with Crippen LogP contribution in [0.5, 0.6) is 5.75 Å². The second kappa shape index (κ2) is 11.4. The van der Waals surface area contributed by atoms with Gasteiger partial charge in [-0.1, -0.05) is 12.1 Å². The molecule has 4 rings (SSSR count). The lowest BCUT2D eigenvalue weighted by Gasteiger charge is -2.27. The van der Waals surface area contributed by atoms with Gasteiger partial charge in [0.05, 0.1) is 13.2 Å². The third-order valence-corrected chi connectivity index (χ3v) is 6.92. The van der Waals surface area contributed by atoms with Gasteiger partial charge in [-0.2, -0.15) is 0 Å². The Hall–Kier alpha value is -2.42. The molecule has 0 atom stereocenters. The lowest BCUT2D eigenvalue weighted by Crippen LogP contribution is -2.38. The van der Waals surface area contributed by atoms with E-state index in [1.165, 1.54) is 10.4 Å². The highest BCUT2D eigenvalue weighted by Crippen LogP contribution is 2.24. The summed E-state index contributed by atoms with van der Waals surface area (Å²) in [6.45, 7) is 6.81. The number of ether oxygens (including phenoxy) is 2. The number of rotatable bonds is 9. The predicted molar refractivity (Wildman–Crippen MR) is 124 cm³/mol. The van der Waals surface area contributed by atoms with Gasteiger partial charge in [-0.3, -0.25) is 14.5 Å². The van der Waals surface area contributed by atoms with E-state index in [1.54, 1.807) is 11.3 Å². The van der Waals surface area contributed by atoms with Crippen molar-refractivity contribution in [1.82, 2.24) is 15.1 Å². The molecule has 172 valence electrons. The van der Waals surface area contributed by atoms with E-state index in [-0.39, 0.29) is 24.7 Å². The molecule has 32 heavy (non-hydrogen) atoms. The molecule has 2 aliphatic rings. The molecule has 1 aromatic heterocycles. The van der Waals surface area contributed by atoms with Gasteiger partial charge in [-0.25, -0.2) is 0 Å². The van der Waals surface area contributed by atoms with Crippen LogP contribution in [-0.4, -0.2) is 67.6 Å². The number of carbonyl (C=O) groups excluding carboxylic acids is 2. The Morgan fingerprint density at radius 3 is 2.88 bits per heavy atom. The fourth-order valence-electron chi connectivity index (χ4n) is 3.99. The van der Waals surface area contributed by atoms with Crippen LogP contribution in [0, 0.1) is 0 Å². The molecule has 0 radical (unpaired) electrons. The largest absolute Gasteiger partial charge is 0.492 e. The van der Waals surface area contributed by atoms with Gasteiger partial charge in [0.2, 0.25) is 11.8 Å². The molecule has 1 saturated heterocycles. The molecule has 3 heterocycles. The van der Waals surface area contributed by atoms with Crippen molar-refractivity contribution in [3.8, 4) is 5.75 Å². The monoisotopic (exact) mass is 457 g/mol. The molecule has 0 saturated carbocycles. The van der Waals surface area contributed by atoms with Crippen LogP contribution in [0.15, 0.2) is 35.7 Å². The fourth-order valence-corrected chi connectivity index (χ4v) is 4.88. The standard InChI is InChI=1S/C24H31N3O4S/c28-23(4-5-24(29)27-8-6-22-20(18-27)7-15-32-22)25-17-19-2-1-3-21(16-19)31-14-11-26-9-12-30-13-10-26/h1-3,7,15-16H,4-6,8-14,17-18H2,(H,25,28). The number of hydrogen-bond donors (Lipinski definition) is 1. The van der Waals surface area contributed by atoms with Crippen LogP contribution in [0.2, 0.25) is 0 Å². The van der Waals surface area contributed by atoms with Gasteiger partial charge in [0, 0.05) is 57.0 Å². The van der Waals surface area contributed by atoms with Crippen LogP contribution in [0.1, 0.15) is 28.8 Å². The van der Waals surface area contributed by atoms with Crippen molar-refractivity contribution in [1.29, 1.82) is 0 Å². The van der Waals surface area contributed by atoms with Crippen LogP contribution in [0.3, 0.4) is 0 Å². The summed E-state index contributed by atoms with van der Waals surface area (Å²) in [6.07, 6.45) is 1.37. The molecule has 0 bridgehead atoms. The van der Waals surface area contributed by atoms with Crippen molar-refractivity contribution in [3.05, 3.63) is 51.7 Å². The molecule has 1 aromatic carbocycles. The summed E-state index contributed by atoms with van der Waals surface area (Å²) in [5.74, 6) is 0.746. The van der Waals surface area contributed by atoms with E-state index in [4.69, 9.17) is 9.47 Å². The quantitative estimate of drug-likeness (QED) is 0.626. The van der Waals surface area contributed by atoms with Crippen molar-refractivity contribution in [2.75, 3.05) is 46.0 Å². The first kappa shape index (κ1) is 22.8.